The van der Waals surface area contributed by atoms with E-state index in [0.717, 1.165) is 38.9 Å². The summed E-state index contributed by atoms with van der Waals surface area (Å²) in [5, 5.41) is 2.84. The Bertz CT molecular complexity index is 756. The number of hydrogen-bond donors (Lipinski definition) is 1. The Balaban J connectivity index is 1.48. The van der Waals surface area contributed by atoms with Crippen LogP contribution in [0.3, 0.4) is 0 Å². The predicted octanol–water partition coefficient (Wildman–Crippen LogP) is 3.71. The van der Waals surface area contributed by atoms with Gasteiger partial charge < -0.3 is 10.2 Å². The lowest BCUT2D eigenvalue weighted by atomic mass is 10.0. The number of amides is 1. The van der Waals surface area contributed by atoms with Crippen LogP contribution in [-0.2, 0) is 6.42 Å². The number of rotatable bonds is 5. The summed E-state index contributed by atoms with van der Waals surface area (Å²) in [7, 11) is 0. The molecule has 1 aliphatic rings. The van der Waals surface area contributed by atoms with Gasteiger partial charge in [-0.2, -0.15) is 0 Å². The summed E-state index contributed by atoms with van der Waals surface area (Å²) in [5.41, 5.74) is 1.30. The number of carbonyl (C=O) groups excluding carboxylic acids is 1. The van der Waals surface area contributed by atoms with Gasteiger partial charge in [0.05, 0.1) is 5.56 Å². The molecule has 0 saturated carbocycles. The second-order valence-corrected chi connectivity index (χ2v) is 6.88. The summed E-state index contributed by atoms with van der Waals surface area (Å²) in [5.74, 6) is -2.56. The summed E-state index contributed by atoms with van der Waals surface area (Å²) in [6.45, 7) is 4.25. The van der Waals surface area contributed by atoms with Crippen molar-refractivity contribution in [1.29, 1.82) is 0 Å². The first-order valence-electron chi connectivity index (χ1n) is 9.06. The highest BCUT2D eigenvalue weighted by molar-refractivity contribution is 5.94. The molecule has 0 unspecified atom stereocenters. The van der Waals surface area contributed by atoms with Crippen molar-refractivity contribution in [2.24, 2.45) is 0 Å². The van der Waals surface area contributed by atoms with Gasteiger partial charge in [-0.05, 0) is 43.4 Å². The monoisotopic (exact) mass is 358 g/mol. The molecule has 1 N–H and O–H groups in total. The second-order valence-electron chi connectivity index (χ2n) is 6.88. The third kappa shape index (κ3) is 4.47. The Morgan fingerprint density at radius 3 is 2.46 bits per heavy atom. The number of halogens is 2. The summed E-state index contributed by atoms with van der Waals surface area (Å²) in [6.07, 6.45) is 2.64. The molecule has 0 aliphatic carbocycles. The van der Waals surface area contributed by atoms with E-state index in [9.17, 15) is 13.6 Å². The van der Waals surface area contributed by atoms with Gasteiger partial charge in [-0.15, -0.1) is 0 Å². The number of aryl methyl sites for hydroxylation is 1. The highest BCUT2D eigenvalue weighted by atomic mass is 19.2. The average Bonchev–Trinajstić information content (AvgIpc) is 2.66. The molecule has 0 bridgehead atoms. The van der Waals surface area contributed by atoms with Gasteiger partial charge in [-0.3, -0.25) is 4.79 Å². The molecule has 0 spiro atoms. The van der Waals surface area contributed by atoms with Crippen molar-refractivity contribution in [2.45, 2.75) is 32.2 Å². The zero-order chi connectivity index (χ0) is 18.5. The van der Waals surface area contributed by atoms with Crippen LogP contribution >= 0.6 is 0 Å². The van der Waals surface area contributed by atoms with E-state index in [1.54, 1.807) is 0 Å². The Morgan fingerprint density at radius 2 is 1.77 bits per heavy atom. The molecular weight excluding hydrogens is 334 g/mol. The molecule has 3 rings (SSSR count). The van der Waals surface area contributed by atoms with Crippen LogP contribution in [0.5, 0.6) is 0 Å². The Kier molecular flexibility index (Phi) is 5.99. The van der Waals surface area contributed by atoms with Crippen LogP contribution in [-0.4, -0.2) is 36.5 Å². The summed E-state index contributed by atoms with van der Waals surface area (Å²) in [4.78, 5) is 14.6. The van der Waals surface area contributed by atoms with E-state index < -0.39 is 17.5 Å². The maximum absolute atomic E-state index is 13.9. The van der Waals surface area contributed by atoms with Crippen LogP contribution < -0.4 is 5.32 Å². The highest BCUT2D eigenvalue weighted by Gasteiger charge is 2.23. The number of nitrogens with one attached hydrogen (secondary N) is 1. The van der Waals surface area contributed by atoms with Crippen molar-refractivity contribution in [3.63, 3.8) is 0 Å². The zero-order valence-corrected chi connectivity index (χ0v) is 15.0. The highest BCUT2D eigenvalue weighted by Crippen LogP contribution is 2.17. The average molecular weight is 358 g/mol. The van der Waals surface area contributed by atoms with Crippen LogP contribution in [0.1, 0.15) is 34.3 Å². The number of benzene rings is 2. The minimum absolute atomic E-state index is 0.000704. The smallest absolute Gasteiger partial charge is 0.254 e. The minimum atomic E-state index is -1.07. The SMILES string of the molecule is Cc1ccc(C(=O)NC2CCN(CCc3ccccc3)CC2)c(F)c1F. The maximum atomic E-state index is 13.9. The molecule has 1 saturated heterocycles. The van der Waals surface area contributed by atoms with Crippen molar-refractivity contribution >= 4 is 5.91 Å². The largest absolute Gasteiger partial charge is 0.349 e. The Morgan fingerprint density at radius 1 is 1.08 bits per heavy atom. The first kappa shape index (κ1) is 18.5. The molecule has 1 amide bonds. The van der Waals surface area contributed by atoms with Crippen molar-refractivity contribution in [3.8, 4) is 0 Å². The molecule has 0 radical (unpaired) electrons. The molecule has 1 fully saturated rings. The van der Waals surface area contributed by atoms with Crippen molar-refractivity contribution in [2.75, 3.05) is 19.6 Å². The lowest BCUT2D eigenvalue weighted by Gasteiger charge is -2.32. The lowest BCUT2D eigenvalue weighted by molar-refractivity contribution is 0.0906. The topological polar surface area (TPSA) is 32.3 Å². The van der Waals surface area contributed by atoms with Crippen molar-refractivity contribution < 1.29 is 13.6 Å². The Hall–Kier alpha value is -2.27. The van der Waals surface area contributed by atoms with Gasteiger partial charge in [0.25, 0.3) is 5.91 Å². The van der Waals surface area contributed by atoms with Gasteiger partial charge in [0.1, 0.15) is 0 Å². The fourth-order valence-corrected chi connectivity index (χ4v) is 3.32. The van der Waals surface area contributed by atoms with Gasteiger partial charge in [-0.1, -0.05) is 36.4 Å². The van der Waals surface area contributed by atoms with E-state index in [1.807, 2.05) is 18.2 Å². The first-order valence-corrected chi connectivity index (χ1v) is 9.06. The van der Waals surface area contributed by atoms with Gasteiger partial charge in [0, 0.05) is 25.7 Å². The zero-order valence-electron chi connectivity index (χ0n) is 15.0. The van der Waals surface area contributed by atoms with Gasteiger partial charge >= 0.3 is 0 Å². The van der Waals surface area contributed by atoms with E-state index in [-0.39, 0.29) is 17.2 Å². The van der Waals surface area contributed by atoms with E-state index >= 15 is 0 Å². The second kappa shape index (κ2) is 8.41. The van der Waals surface area contributed by atoms with Crippen LogP contribution in [0.4, 0.5) is 8.78 Å². The molecule has 2 aromatic carbocycles. The third-order valence-electron chi connectivity index (χ3n) is 5.00. The van der Waals surface area contributed by atoms with Gasteiger partial charge in [-0.25, -0.2) is 8.78 Å². The lowest BCUT2D eigenvalue weighted by Crippen LogP contribution is -2.45. The summed E-state index contributed by atoms with van der Waals surface area (Å²) >= 11 is 0. The molecule has 2 aromatic rings. The Labute approximate surface area is 153 Å². The van der Waals surface area contributed by atoms with Crippen molar-refractivity contribution in [3.05, 3.63) is 70.8 Å². The van der Waals surface area contributed by atoms with E-state index in [4.69, 9.17) is 0 Å². The standard InChI is InChI=1S/C21H24F2N2O/c1-15-7-8-18(20(23)19(15)22)21(26)24-17-10-13-25(14-11-17)12-9-16-5-3-2-4-6-16/h2-8,17H,9-14H2,1H3,(H,24,26). The summed E-state index contributed by atoms with van der Waals surface area (Å²) < 4.78 is 27.6. The third-order valence-corrected chi connectivity index (χ3v) is 5.00. The summed E-state index contributed by atoms with van der Waals surface area (Å²) in [6, 6.07) is 13.1. The number of piperidine rings is 1. The van der Waals surface area contributed by atoms with Crippen LogP contribution in [0.25, 0.3) is 0 Å². The fourth-order valence-electron chi connectivity index (χ4n) is 3.32. The molecule has 0 atom stereocenters. The molecule has 5 heteroatoms. The molecule has 1 aliphatic heterocycles. The molecule has 0 aromatic heterocycles. The number of likely N-dealkylation sites (tertiary alicyclic amines) is 1. The molecule has 138 valence electrons. The quantitative estimate of drug-likeness (QED) is 0.884. The van der Waals surface area contributed by atoms with Gasteiger partial charge in [0.2, 0.25) is 0 Å². The van der Waals surface area contributed by atoms with E-state index in [2.05, 4.69) is 22.3 Å². The number of carbonyl (C=O) groups is 1. The first-order chi connectivity index (χ1) is 12.5. The van der Waals surface area contributed by atoms with Gasteiger partial charge in [0.15, 0.2) is 11.6 Å². The van der Waals surface area contributed by atoms with Crippen LogP contribution in [0, 0.1) is 18.6 Å². The van der Waals surface area contributed by atoms with Crippen LogP contribution in [0.15, 0.2) is 42.5 Å². The minimum Gasteiger partial charge on any atom is -0.349 e. The van der Waals surface area contributed by atoms with E-state index in [1.165, 1.54) is 24.6 Å². The fraction of sp³-hybridized carbons (Fsp3) is 0.381. The molecule has 1 heterocycles. The molecule has 26 heavy (non-hydrogen) atoms. The maximum Gasteiger partial charge on any atom is 0.254 e. The van der Waals surface area contributed by atoms with Crippen LogP contribution in [0.2, 0.25) is 0 Å². The number of nitrogens with zero attached hydrogens (tertiary/aromatic N) is 1. The van der Waals surface area contributed by atoms with Crippen molar-refractivity contribution in [1.82, 2.24) is 10.2 Å². The number of hydrogen-bond acceptors (Lipinski definition) is 2. The normalized spacial score (nSPS) is 15.8. The van der Waals surface area contributed by atoms with E-state index in [0.29, 0.717) is 0 Å². The molecule has 3 nitrogen and oxygen atoms in total. The predicted molar refractivity (Wildman–Crippen MR) is 98.2 cm³/mol. The molecular formula is C21H24F2N2O.